The summed E-state index contributed by atoms with van der Waals surface area (Å²) in [5.41, 5.74) is 1.72. The maximum absolute atomic E-state index is 12.0. The second kappa shape index (κ2) is 4.51. The molecule has 0 atom stereocenters. The van der Waals surface area contributed by atoms with Crippen molar-refractivity contribution in [2.24, 2.45) is 0 Å². The van der Waals surface area contributed by atoms with E-state index in [0.29, 0.717) is 12.2 Å². The maximum atomic E-state index is 12.0. The van der Waals surface area contributed by atoms with Gasteiger partial charge >= 0.3 is 10.2 Å². The van der Waals surface area contributed by atoms with E-state index < -0.39 is 10.2 Å². The van der Waals surface area contributed by atoms with Crippen molar-refractivity contribution in [3.05, 3.63) is 23.8 Å². The van der Waals surface area contributed by atoms with Crippen molar-refractivity contribution >= 4 is 27.7 Å². The quantitative estimate of drug-likeness (QED) is 0.840. The summed E-state index contributed by atoms with van der Waals surface area (Å²) in [4.78, 5) is 1.06. The van der Waals surface area contributed by atoms with Crippen LogP contribution in [0.3, 0.4) is 0 Å². The molecule has 0 fully saturated rings. The number of anilines is 1. The van der Waals surface area contributed by atoms with Gasteiger partial charge in [-0.2, -0.15) is 12.7 Å². The van der Waals surface area contributed by atoms with Crippen LogP contribution in [0.4, 0.5) is 5.69 Å². The molecule has 0 bridgehead atoms. The van der Waals surface area contributed by atoms with E-state index in [4.69, 9.17) is 0 Å². The zero-order valence-corrected chi connectivity index (χ0v) is 11.7. The molecule has 0 spiro atoms. The van der Waals surface area contributed by atoms with Crippen LogP contribution in [0, 0.1) is 0 Å². The lowest BCUT2D eigenvalue weighted by Gasteiger charge is -2.32. The molecule has 0 saturated carbocycles. The molecular weight excluding hydrogens is 256 g/mol. The van der Waals surface area contributed by atoms with Crippen LogP contribution in [0.2, 0.25) is 0 Å². The van der Waals surface area contributed by atoms with Gasteiger partial charge in [0.25, 0.3) is 0 Å². The van der Waals surface area contributed by atoms with E-state index in [9.17, 15) is 8.42 Å². The van der Waals surface area contributed by atoms with Crippen molar-refractivity contribution in [1.82, 2.24) is 4.31 Å². The van der Waals surface area contributed by atoms with E-state index in [2.05, 4.69) is 4.72 Å². The number of nitrogens with zero attached hydrogens (tertiary/aromatic N) is 1. The molecular formula is C11H16N2O2S2. The molecule has 94 valence electrons. The Balaban J connectivity index is 2.43. The zero-order chi connectivity index (χ0) is 12.6. The molecule has 1 aromatic carbocycles. The fourth-order valence-corrected chi connectivity index (χ4v) is 3.72. The lowest BCUT2D eigenvalue weighted by Crippen LogP contribution is -2.43. The third-order valence-electron chi connectivity index (χ3n) is 2.77. The second-order valence-electron chi connectivity index (χ2n) is 4.27. The first-order chi connectivity index (χ1) is 7.94. The van der Waals surface area contributed by atoms with Gasteiger partial charge in [-0.15, -0.1) is 11.8 Å². The molecule has 4 nitrogen and oxygen atoms in total. The minimum atomic E-state index is -3.39. The first-order valence-electron chi connectivity index (χ1n) is 5.40. The predicted molar refractivity (Wildman–Crippen MR) is 71.4 cm³/mol. The number of nitrogens with one attached hydrogen (secondary N) is 1. The molecule has 2 rings (SSSR count). The van der Waals surface area contributed by atoms with Crippen LogP contribution in [0.5, 0.6) is 0 Å². The van der Waals surface area contributed by atoms with Crippen molar-refractivity contribution in [2.75, 3.05) is 11.0 Å². The summed E-state index contributed by atoms with van der Waals surface area (Å²) in [5.74, 6) is 0. The third kappa shape index (κ3) is 2.43. The molecule has 0 aromatic heterocycles. The number of benzene rings is 1. The highest BCUT2D eigenvalue weighted by atomic mass is 32.2. The Morgan fingerprint density at radius 1 is 1.41 bits per heavy atom. The van der Waals surface area contributed by atoms with Gasteiger partial charge in [0.15, 0.2) is 0 Å². The topological polar surface area (TPSA) is 49.4 Å². The summed E-state index contributed by atoms with van der Waals surface area (Å²) < 4.78 is 28.1. The maximum Gasteiger partial charge on any atom is 0.302 e. The highest BCUT2D eigenvalue weighted by Gasteiger charge is 2.30. The molecule has 1 N–H and O–H groups in total. The van der Waals surface area contributed by atoms with Crippen molar-refractivity contribution in [2.45, 2.75) is 31.3 Å². The Morgan fingerprint density at radius 3 is 2.71 bits per heavy atom. The second-order valence-corrected chi connectivity index (χ2v) is 6.77. The van der Waals surface area contributed by atoms with E-state index in [1.165, 1.54) is 4.31 Å². The van der Waals surface area contributed by atoms with Crippen LogP contribution < -0.4 is 4.72 Å². The van der Waals surface area contributed by atoms with Crippen LogP contribution in [0.15, 0.2) is 23.1 Å². The standard InChI is InChI=1S/C11H16N2O2S2/c1-8(2)13-7-9-4-5-10(16-3)6-11(9)12-17(13,14)15/h4-6,8,12H,7H2,1-3H3. The number of hydrogen-bond acceptors (Lipinski definition) is 3. The van der Waals surface area contributed by atoms with Gasteiger partial charge < -0.3 is 0 Å². The lowest BCUT2D eigenvalue weighted by atomic mass is 10.1. The van der Waals surface area contributed by atoms with Gasteiger partial charge in [-0.25, -0.2) is 0 Å². The van der Waals surface area contributed by atoms with Crippen molar-refractivity contribution in [3.63, 3.8) is 0 Å². The van der Waals surface area contributed by atoms with Gasteiger partial charge in [0.05, 0.1) is 5.69 Å². The van der Waals surface area contributed by atoms with Gasteiger partial charge in [-0.1, -0.05) is 6.07 Å². The number of hydrogen-bond donors (Lipinski definition) is 1. The highest BCUT2D eigenvalue weighted by Crippen LogP contribution is 2.30. The molecule has 0 aliphatic carbocycles. The first-order valence-corrected chi connectivity index (χ1v) is 8.07. The van der Waals surface area contributed by atoms with Gasteiger partial charge in [0.1, 0.15) is 0 Å². The van der Waals surface area contributed by atoms with Crippen LogP contribution in [-0.4, -0.2) is 25.0 Å². The largest absolute Gasteiger partial charge is 0.302 e. The SMILES string of the molecule is CSc1ccc2c(c1)NS(=O)(=O)N(C(C)C)C2. The molecule has 1 aliphatic heterocycles. The Morgan fingerprint density at radius 2 is 2.12 bits per heavy atom. The normalized spacial score (nSPS) is 18.8. The lowest BCUT2D eigenvalue weighted by molar-refractivity contribution is 0.347. The molecule has 6 heteroatoms. The van der Waals surface area contributed by atoms with E-state index in [1.54, 1.807) is 11.8 Å². The van der Waals surface area contributed by atoms with Crippen molar-refractivity contribution < 1.29 is 8.42 Å². The molecule has 1 heterocycles. The number of fused-ring (bicyclic) bond motifs is 1. The smallest absolute Gasteiger partial charge is 0.271 e. The van der Waals surface area contributed by atoms with Crippen molar-refractivity contribution in [3.8, 4) is 0 Å². The molecule has 0 amide bonds. The summed E-state index contributed by atoms with van der Waals surface area (Å²) in [6.07, 6.45) is 1.97. The average Bonchev–Trinajstić information content (AvgIpc) is 2.25. The summed E-state index contributed by atoms with van der Waals surface area (Å²) in [6.45, 7) is 4.19. The fraction of sp³-hybridized carbons (Fsp3) is 0.455. The van der Waals surface area contributed by atoms with Gasteiger partial charge in [-0.05, 0) is 37.8 Å². The van der Waals surface area contributed by atoms with Gasteiger partial charge in [0, 0.05) is 17.5 Å². The van der Waals surface area contributed by atoms with Crippen LogP contribution in [-0.2, 0) is 16.8 Å². The minimum Gasteiger partial charge on any atom is -0.271 e. The summed E-state index contributed by atoms with van der Waals surface area (Å²) in [7, 11) is -3.39. The monoisotopic (exact) mass is 272 g/mol. The predicted octanol–water partition coefficient (Wildman–Crippen LogP) is 2.29. The van der Waals surface area contributed by atoms with E-state index >= 15 is 0 Å². The molecule has 0 saturated heterocycles. The average molecular weight is 272 g/mol. The minimum absolute atomic E-state index is 0.0409. The number of thioether (sulfide) groups is 1. The van der Waals surface area contributed by atoms with Crippen molar-refractivity contribution in [1.29, 1.82) is 0 Å². The van der Waals surface area contributed by atoms with Crippen LogP contribution in [0.1, 0.15) is 19.4 Å². The number of rotatable bonds is 2. The molecule has 17 heavy (non-hydrogen) atoms. The summed E-state index contributed by atoms with van der Waals surface area (Å²) >= 11 is 1.60. The van der Waals surface area contributed by atoms with Gasteiger partial charge in [-0.3, -0.25) is 4.72 Å². The highest BCUT2D eigenvalue weighted by molar-refractivity contribution is 7.98. The van der Waals surface area contributed by atoms with Crippen LogP contribution >= 0.6 is 11.8 Å². The van der Waals surface area contributed by atoms with E-state index in [1.807, 2.05) is 38.3 Å². The molecule has 1 aliphatic rings. The van der Waals surface area contributed by atoms with Gasteiger partial charge in [0.2, 0.25) is 0 Å². The molecule has 0 unspecified atom stereocenters. The molecule has 0 radical (unpaired) electrons. The first kappa shape index (κ1) is 12.7. The Bertz CT molecular complexity index is 526. The van der Waals surface area contributed by atoms with E-state index in [0.717, 1.165) is 10.5 Å². The molecule has 1 aromatic rings. The van der Waals surface area contributed by atoms with Crippen LogP contribution in [0.25, 0.3) is 0 Å². The Labute approximate surface area is 107 Å². The Kier molecular flexibility index (Phi) is 3.38. The zero-order valence-electron chi connectivity index (χ0n) is 10.1. The Hall–Kier alpha value is -0.720. The summed E-state index contributed by atoms with van der Waals surface area (Å²) in [6, 6.07) is 5.84. The van der Waals surface area contributed by atoms with E-state index in [-0.39, 0.29) is 6.04 Å². The third-order valence-corrected chi connectivity index (χ3v) is 5.14. The fourth-order valence-electron chi connectivity index (χ4n) is 1.83. The summed E-state index contributed by atoms with van der Waals surface area (Å²) in [5, 5.41) is 0.